The summed E-state index contributed by atoms with van der Waals surface area (Å²) < 4.78 is 27.5. The van der Waals surface area contributed by atoms with Gasteiger partial charge in [0, 0.05) is 6.07 Å². The minimum absolute atomic E-state index is 0.134. The number of benzene rings is 2. The largest absolute Gasteiger partial charge is 0.493 e. The lowest BCUT2D eigenvalue weighted by atomic mass is 10.1. The van der Waals surface area contributed by atoms with E-state index in [4.69, 9.17) is 23.5 Å². The molecule has 0 unspecified atom stereocenters. The fourth-order valence-electron chi connectivity index (χ4n) is 3.06. The summed E-state index contributed by atoms with van der Waals surface area (Å²) in [6.45, 7) is 4.23. The highest BCUT2D eigenvalue weighted by Crippen LogP contribution is 2.39. The molecule has 9 nitrogen and oxygen atoms in total. The fourth-order valence-corrected chi connectivity index (χ4v) is 3.06. The molecule has 0 bridgehead atoms. The lowest BCUT2D eigenvalue weighted by molar-refractivity contribution is -0.112. The number of nitrogens with zero attached hydrogens (tertiary/aromatic N) is 2. The van der Waals surface area contributed by atoms with Gasteiger partial charge in [-0.15, -0.1) is 0 Å². The van der Waals surface area contributed by atoms with Crippen LogP contribution in [0.3, 0.4) is 0 Å². The average Bonchev–Trinajstić information content (AvgIpc) is 3.25. The van der Waals surface area contributed by atoms with E-state index in [1.54, 1.807) is 25.1 Å². The first kappa shape index (κ1) is 24.2. The molecule has 0 aliphatic heterocycles. The molecule has 0 aliphatic carbocycles. The number of nitrogens with one attached hydrogen (secondary N) is 1. The summed E-state index contributed by atoms with van der Waals surface area (Å²) in [5, 5.41) is 15.7. The number of para-hydroxylation sites is 1. The van der Waals surface area contributed by atoms with Gasteiger partial charge in [-0.25, -0.2) is 0 Å². The van der Waals surface area contributed by atoms with Crippen LogP contribution >= 0.6 is 0 Å². The second-order valence-electron chi connectivity index (χ2n) is 7.16. The molecule has 3 rings (SSSR count). The predicted molar refractivity (Wildman–Crippen MR) is 125 cm³/mol. The van der Waals surface area contributed by atoms with Crippen molar-refractivity contribution in [3.63, 3.8) is 0 Å². The van der Waals surface area contributed by atoms with Gasteiger partial charge in [0.05, 0.1) is 14.2 Å². The van der Waals surface area contributed by atoms with Crippen LogP contribution in [0.5, 0.6) is 23.0 Å². The summed E-state index contributed by atoms with van der Waals surface area (Å²) in [5.74, 6) is 2.06. The first-order chi connectivity index (χ1) is 16.4. The summed E-state index contributed by atoms with van der Waals surface area (Å²) in [4.78, 5) is 12.5. The molecule has 0 spiro atoms. The summed E-state index contributed by atoms with van der Waals surface area (Å²) in [5.41, 5.74) is 1.41. The van der Waals surface area contributed by atoms with Gasteiger partial charge in [0.2, 0.25) is 5.75 Å². The summed E-state index contributed by atoms with van der Waals surface area (Å²) in [6.07, 6.45) is 1.42. The number of amides is 1. The van der Waals surface area contributed by atoms with Gasteiger partial charge in [0.15, 0.2) is 17.3 Å². The van der Waals surface area contributed by atoms with Gasteiger partial charge in [-0.3, -0.25) is 4.79 Å². The van der Waals surface area contributed by atoms with E-state index in [1.807, 2.05) is 37.3 Å². The van der Waals surface area contributed by atoms with E-state index < -0.39 is 5.91 Å². The molecule has 1 heterocycles. The Kier molecular flexibility index (Phi) is 8.13. The van der Waals surface area contributed by atoms with Crippen molar-refractivity contribution >= 4 is 17.8 Å². The number of aryl methyl sites for hydroxylation is 2. The highest BCUT2D eigenvalue weighted by molar-refractivity contribution is 6.09. The molecule has 2 aromatic carbocycles. The molecule has 1 aromatic heterocycles. The Balaban J connectivity index is 1.74. The number of hydrogen-bond acceptors (Lipinski definition) is 8. The molecule has 0 aliphatic rings. The second kappa shape index (κ2) is 11.4. The number of rotatable bonds is 10. The van der Waals surface area contributed by atoms with Crippen molar-refractivity contribution in [3.05, 3.63) is 64.9 Å². The van der Waals surface area contributed by atoms with Crippen LogP contribution in [0.4, 0.5) is 5.82 Å². The van der Waals surface area contributed by atoms with E-state index in [9.17, 15) is 10.1 Å². The third-order valence-electron chi connectivity index (χ3n) is 4.71. The third kappa shape index (κ3) is 6.07. The third-order valence-corrected chi connectivity index (χ3v) is 4.71. The van der Waals surface area contributed by atoms with Crippen molar-refractivity contribution in [1.82, 2.24) is 5.16 Å². The van der Waals surface area contributed by atoms with Crippen molar-refractivity contribution < 1.29 is 28.3 Å². The molecular weight excluding hydrogens is 438 g/mol. The number of anilines is 1. The van der Waals surface area contributed by atoms with Crippen LogP contribution < -0.4 is 24.3 Å². The topological polar surface area (TPSA) is 116 Å². The van der Waals surface area contributed by atoms with E-state index >= 15 is 0 Å². The molecule has 0 fully saturated rings. The van der Waals surface area contributed by atoms with Crippen LogP contribution in [0.25, 0.3) is 6.08 Å². The number of ether oxygens (including phenoxy) is 4. The normalized spacial score (nSPS) is 10.9. The van der Waals surface area contributed by atoms with Crippen LogP contribution in [0.2, 0.25) is 0 Å². The number of aromatic nitrogens is 1. The maximum Gasteiger partial charge on any atom is 0.267 e. The lowest BCUT2D eigenvalue weighted by Crippen LogP contribution is -2.13. The smallest absolute Gasteiger partial charge is 0.267 e. The number of carbonyl (C=O) groups is 1. The molecule has 3 aromatic rings. The van der Waals surface area contributed by atoms with Crippen molar-refractivity contribution in [1.29, 1.82) is 5.26 Å². The molecule has 9 heteroatoms. The van der Waals surface area contributed by atoms with Crippen molar-refractivity contribution in [3.8, 4) is 29.1 Å². The number of nitriles is 1. The predicted octanol–water partition coefficient (Wildman–Crippen LogP) is 4.31. The van der Waals surface area contributed by atoms with Crippen molar-refractivity contribution in [2.24, 2.45) is 0 Å². The molecule has 0 atom stereocenters. The van der Waals surface area contributed by atoms with Crippen LogP contribution in [0.15, 0.2) is 52.6 Å². The van der Waals surface area contributed by atoms with E-state index in [0.717, 1.165) is 11.3 Å². The zero-order valence-corrected chi connectivity index (χ0v) is 19.4. The second-order valence-corrected chi connectivity index (χ2v) is 7.16. The molecule has 0 saturated heterocycles. The molecule has 0 radical (unpaired) electrons. The van der Waals surface area contributed by atoms with Gasteiger partial charge in [-0.1, -0.05) is 23.4 Å². The van der Waals surface area contributed by atoms with Gasteiger partial charge in [0.1, 0.15) is 36.4 Å². The number of carbonyl (C=O) groups excluding carboxylic acids is 1. The number of hydrogen-bond donors (Lipinski definition) is 1. The van der Waals surface area contributed by atoms with Crippen LogP contribution in [0, 0.1) is 25.2 Å². The van der Waals surface area contributed by atoms with Gasteiger partial charge in [-0.2, -0.15) is 5.26 Å². The molecule has 1 amide bonds. The Hall–Kier alpha value is -4.45. The maximum absolute atomic E-state index is 12.5. The van der Waals surface area contributed by atoms with Crippen molar-refractivity contribution in [2.45, 2.75) is 13.8 Å². The average molecular weight is 463 g/mol. The quantitative estimate of drug-likeness (QED) is 0.269. The van der Waals surface area contributed by atoms with E-state index in [0.29, 0.717) is 35.2 Å². The highest BCUT2D eigenvalue weighted by Gasteiger charge is 2.16. The minimum atomic E-state index is -0.623. The Morgan fingerprint density at radius 3 is 2.32 bits per heavy atom. The summed E-state index contributed by atoms with van der Waals surface area (Å²) in [7, 11) is 2.98. The number of methoxy groups -OCH3 is 2. The SMILES string of the molecule is COc1cc(/C=C(/C#N)C(=O)Nc2cc(C)on2)cc(OC)c1OCCOc1ccccc1C. The van der Waals surface area contributed by atoms with E-state index in [-0.39, 0.29) is 18.0 Å². The summed E-state index contributed by atoms with van der Waals surface area (Å²) >= 11 is 0. The van der Waals surface area contributed by atoms with E-state index in [1.165, 1.54) is 20.3 Å². The van der Waals surface area contributed by atoms with Crippen LogP contribution in [-0.2, 0) is 4.79 Å². The van der Waals surface area contributed by atoms with Crippen molar-refractivity contribution in [2.75, 3.05) is 32.8 Å². The fraction of sp³-hybridized carbons (Fsp3) is 0.240. The zero-order valence-electron chi connectivity index (χ0n) is 19.4. The lowest BCUT2D eigenvalue weighted by Gasteiger charge is -2.16. The zero-order chi connectivity index (χ0) is 24.5. The van der Waals surface area contributed by atoms with Crippen LogP contribution in [-0.4, -0.2) is 38.5 Å². The Morgan fingerprint density at radius 2 is 1.74 bits per heavy atom. The van der Waals surface area contributed by atoms with Gasteiger partial charge in [0.25, 0.3) is 5.91 Å². The van der Waals surface area contributed by atoms with Gasteiger partial charge in [-0.05, 0) is 49.2 Å². The Bertz CT molecular complexity index is 1200. The monoisotopic (exact) mass is 463 g/mol. The molecule has 1 N–H and O–H groups in total. The van der Waals surface area contributed by atoms with Gasteiger partial charge >= 0.3 is 0 Å². The van der Waals surface area contributed by atoms with Gasteiger partial charge < -0.3 is 28.8 Å². The molecular formula is C25H25N3O6. The Morgan fingerprint density at radius 1 is 1.06 bits per heavy atom. The van der Waals surface area contributed by atoms with E-state index in [2.05, 4.69) is 10.5 Å². The maximum atomic E-state index is 12.5. The molecule has 34 heavy (non-hydrogen) atoms. The first-order valence-electron chi connectivity index (χ1n) is 10.4. The Labute approximate surface area is 197 Å². The molecule has 176 valence electrons. The molecule has 0 saturated carbocycles. The first-order valence-corrected chi connectivity index (χ1v) is 10.4. The minimum Gasteiger partial charge on any atom is -0.493 e. The standard InChI is InChI=1S/C25H25N3O6/c1-16-7-5-6-8-20(16)32-9-10-33-24-21(30-3)13-18(14-22(24)31-4)12-19(15-26)25(29)27-23-11-17(2)34-28-23/h5-8,11-14H,9-10H2,1-4H3,(H,27,28,29)/b19-12-. The summed E-state index contributed by atoms with van der Waals surface area (Å²) in [6, 6.07) is 14.4. The highest BCUT2D eigenvalue weighted by atomic mass is 16.6. The van der Waals surface area contributed by atoms with Crippen LogP contribution in [0.1, 0.15) is 16.9 Å².